The Bertz CT molecular complexity index is 2400. The number of anilines is 3. The topological polar surface area (TPSA) is 12.5 Å². The molecule has 0 amide bonds. The molecular weight excluding hydrogens is 591 g/mol. The lowest BCUT2D eigenvalue weighted by molar-refractivity contribution is 0.387. The van der Waals surface area contributed by atoms with Crippen LogP contribution < -0.4 is 9.64 Å². The second-order valence-electron chi connectivity index (χ2n) is 12.3. The van der Waals surface area contributed by atoms with Gasteiger partial charge in [-0.2, -0.15) is 0 Å². The second kappa shape index (κ2) is 10.9. The molecule has 0 N–H and O–H groups in total. The Balaban J connectivity index is 1.36. The summed E-state index contributed by atoms with van der Waals surface area (Å²) in [5.74, 6) is 1.86. The highest BCUT2D eigenvalue weighted by Gasteiger charge is 2.51. The molecule has 1 aliphatic heterocycles. The lowest BCUT2D eigenvalue weighted by atomic mass is 9.65. The number of hydrogen-bond donors (Lipinski definition) is 0. The van der Waals surface area contributed by atoms with E-state index in [1.54, 1.807) is 0 Å². The predicted molar refractivity (Wildman–Crippen MR) is 199 cm³/mol. The zero-order valence-corrected chi connectivity index (χ0v) is 27.2. The quantitative estimate of drug-likeness (QED) is 0.189. The fraction of sp³-hybridized carbons (Fsp3) is 0.0909. The Morgan fingerprint density at radius 1 is 0.660 bits per heavy atom. The summed E-state index contributed by atoms with van der Waals surface area (Å²) in [6.45, 7) is 4.31. The molecule has 2 nitrogen and oxygen atoms in total. The van der Waals surface area contributed by atoms with Crippen molar-refractivity contribution >= 4 is 48.6 Å². The number of hydrogen-bond acceptors (Lipinski definition) is 3. The van der Waals surface area contributed by atoms with Crippen LogP contribution in [0.15, 0.2) is 163 Å². The first-order chi connectivity index (χ1) is 23.2. The third-order valence-electron chi connectivity index (χ3n) is 9.78. The van der Waals surface area contributed by atoms with Crippen molar-refractivity contribution in [1.82, 2.24) is 0 Å². The highest BCUT2D eigenvalue weighted by atomic mass is 32.1. The van der Waals surface area contributed by atoms with Gasteiger partial charge >= 0.3 is 0 Å². The Labute approximate surface area is 279 Å². The molecule has 226 valence electrons. The van der Waals surface area contributed by atoms with E-state index in [2.05, 4.69) is 170 Å². The van der Waals surface area contributed by atoms with Gasteiger partial charge in [0.25, 0.3) is 0 Å². The van der Waals surface area contributed by atoms with Gasteiger partial charge < -0.3 is 9.64 Å². The number of fused-ring (bicyclic) bond motifs is 10. The van der Waals surface area contributed by atoms with E-state index in [-0.39, 0.29) is 0 Å². The minimum atomic E-state index is -0.510. The number of para-hydroxylation sites is 2. The Hall–Kier alpha value is -5.38. The SMILES string of the molecule is CC/C=C\C1=C(C)Oc2ccccc2C12c1ccccc1-c1c(N(c3ccccc3)c3ccc4c(c3)sc3ccccc34)cccc12. The smallest absolute Gasteiger partial charge is 0.131 e. The van der Waals surface area contributed by atoms with Crippen LogP contribution in [-0.2, 0) is 5.41 Å². The molecule has 0 radical (unpaired) electrons. The summed E-state index contributed by atoms with van der Waals surface area (Å²) < 4.78 is 9.16. The van der Waals surface area contributed by atoms with Crippen molar-refractivity contribution in [2.75, 3.05) is 4.90 Å². The summed E-state index contributed by atoms with van der Waals surface area (Å²) in [4.78, 5) is 2.45. The maximum atomic E-state index is 6.56. The third-order valence-corrected chi connectivity index (χ3v) is 10.9. The van der Waals surface area contributed by atoms with Crippen molar-refractivity contribution in [2.24, 2.45) is 0 Å². The lowest BCUT2D eigenvalue weighted by Crippen LogP contribution is -2.34. The number of thiophene rings is 1. The number of benzene rings is 6. The van der Waals surface area contributed by atoms with Crippen LogP contribution in [0.2, 0.25) is 0 Å². The molecule has 2 aliphatic rings. The van der Waals surface area contributed by atoms with Crippen molar-refractivity contribution in [3.8, 4) is 16.9 Å². The molecule has 6 aromatic carbocycles. The van der Waals surface area contributed by atoms with Crippen molar-refractivity contribution < 1.29 is 4.74 Å². The van der Waals surface area contributed by atoms with Gasteiger partial charge in [-0.1, -0.05) is 116 Å². The van der Waals surface area contributed by atoms with Crippen LogP contribution in [0, 0.1) is 0 Å². The van der Waals surface area contributed by atoms with Crippen LogP contribution >= 0.6 is 11.3 Å². The van der Waals surface area contributed by atoms with E-state index in [1.165, 1.54) is 59.3 Å². The van der Waals surface area contributed by atoms with Gasteiger partial charge in [-0.15, -0.1) is 11.3 Å². The first-order valence-electron chi connectivity index (χ1n) is 16.3. The zero-order chi connectivity index (χ0) is 31.5. The van der Waals surface area contributed by atoms with Crippen molar-refractivity contribution in [1.29, 1.82) is 0 Å². The summed E-state index contributed by atoms with van der Waals surface area (Å²) in [7, 11) is 0. The average Bonchev–Trinajstić information content (AvgIpc) is 3.63. The fourth-order valence-corrected chi connectivity index (χ4v) is 9.05. The fourth-order valence-electron chi connectivity index (χ4n) is 7.91. The van der Waals surface area contributed by atoms with Gasteiger partial charge in [0, 0.05) is 48.2 Å². The van der Waals surface area contributed by atoms with E-state index >= 15 is 0 Å². The molecule has 9 rings (SSSR count). The molecule has 1 atom stereocenters. The first-order valence-corrected chi connectivity index (χ1v) is 17.2. The van der Waals surface area contributed by atoms with E-state index in [0.29, 0.717) is 0 Å². The molecule has 0 bridgehead atoms. The van der Waals surface area contributed by atoms with Gasteiger partial charge in [-0.25, -0.2) is 0 Å². The van der Waals surface area contributed by atoms with Crippen molar-refractivity contribution in [3.63, 3.8) is 0 Å². The van der Waals surface area contributed by atoms with Gasteiger partial charge in [-0.05, 0) is 72.5 Å². The van der Waals surface area contributed by atoms with Gasteiger partial charge in [-0.3, -0.25) is 0 Å². The molecule has 1 spiro atoms. The third kappa shape index (κ3) is 4.03. The standard InChI is InChI=1S/C44H33NOS/c1-3-4-19-35-29(2)46-40-24-12-11-21-37(40)44(35)36-20-10-8-18-34(36)43-38(44)22-14-23-39(43)45(30-15-6-5-7-16-30)31-26-27-33-32-17-9-13-25-41(32)47-42(33)28-31/h4-28H,3H2,1-2H3/b19-4-. The molecule has 3 heteroatoms. The maximum Gasteiger partial charge on any atom is 0.131 e. The van der Waals surface area contributed by atoms with Gasteiger partial charge in [0.2, 0.25) is 0 Å². The minimum absolute atomic E-state index is 0.510. The second-order valence-corrected chi connectivity index (χ2v) is 13.4. The maximum absolute atomic E-state index is 6.56. The normalized spacial score (nSPS) is 16.5. The summed E-state index contributed by atoms with van der Waals surface area (Å²) in [5, 5.41) is 2.62. The molecule has 0 fully saturated rings. The zero-order valence-electron chi connectivity index (χ0n) is 26.4. The van der Waals surface area contributed by atoms with Crippen molar-refractivity contribution in [3.05, 3.63) is 180 Å². The molecule has 2 heterocycles. The molecule has 0 saturated carbocycles. The molecule has 47 heavy (non-hydrogen) atoms. The predicted octanol–water partition coefficient (Wildman–Crippen LogP) is 12.5. The summed E-state index contributed by atoms with van der Waals surface area (Å²) >= 11 is 1.86. The van der Waals surface area contributed by atoms with Crippen LogP contribution in [0.4, 0.5) is 17.1 Å². The molecule has 1 aliphatic carbocycles. The van der Waals surface area contributed by atoms with Crippen LogP contribution in [0.5, 0.6) is 5.75 Å². The molecule has 1 unspecified atom stereocenters. The van der Waals surface area contributed by atoms with E-state index in [1.807, 2.05) is 11.3 Å². The van der Waals surface area contributed by atoms with E-state index in [0.717, 1.165) is 29.3 Å². The van der Waals surface area contributed by atoms with Crippen LogP contribution in [0.25, 0.3) is 31.3 Å². The highest BCUT2D eigenvalue weighted by Crippen LogP contribution is 2.63. The van der Waals surface area contributed by atoms with Gasteiger partial charge in [0.15, 0.2) is 0 Å². The number of rotatable bonds is 5. The monoisotopic (exact) mass is 623 g/mol. The highest BCUT2D eigenvalue weighted by molar-refractivity contribution is 7.25. The first kappa shape index (κ1) is 27.9. The van der Waals surface area contributed by atoms with E-state index < -0.39 is 5.41 Å². The van der Waals surface area contributed by atoms with Crippen LogP contribution in [0.1, 0.15) is 37.0 Å². The molecule has 0 saturated heterocycles. The lowest BCUT2D eigenvalue weighted by Gasteiger charge is -2.40. The molecule has 1 aromatic heterocycles. The Kier molecular flexibility index (Phi) is 6.45. The largest absolute Gasteiger partial charge is 0.461 e. The minimum Gasteiger partial charge on any atom is -0.461 e. The Morgan fingerprint density at radius 3 is 2.26 bits per heavy atom. The Morgan fingerprint density at radius 2 is 1.38 bits per heavy atom. The number of ether oxygens (including phenoxy) is 1. The van der Waals surface area contributed by atoms with Crippen molar-refractivity contribution in [2.45, 2.75) is 25.7 Å². The summed E-state index contributed by atoms with van der Waals surface area (Å²) in [6, 6.07) is 50.9. The van der Waals surface area contributed by atoms with Gasteiger partial charge in [0.05, 0.1) is 11.1 Å². The summed E-state index contributed by atoms with van der Waals surface area (Å²) in [5.41, 5.74) is 10.4. The van der Waals surface area contributed by atoms with Gasteiger partial charge in [0.1, 0.15) is 11.5 Å². The van der Waals surface area contributed by atoms with Crippen LogP contribution in [0.3, 0.4) is 0 Å². The van der Waals surface area contributed by atoms with E-state index in [4.69, 9.17) is 4.74 Å². The number of nitrogens with zero attached hydrogens (tertiary/aromatic N) is 1. The molecular formula is C44H33NOS. The summed E-state index contributed by atoms with van der Waals surface area (Å²) in [6.07, 6.45) is 5.51. The van der Waals surface area contributed by atoms with Crippen LogP contribution in [-0.4, -0.2) is 0 Å². The number of allylic oxidation sites excluding steroid dienone is 4. The van der Waals surface area contributed by atoms with E-state index in [9.17, 15) is 0 Å². The molecule has 7 aromatic rings. The average molecular weight is 624 g/mol.